The standard InChI is InChI=1S/C15H29NO/c16-13-14(9-5-1-2-6-10-14)15(17)11-7-3-4-8-12-15/h17H,1-13,16H2. The van der Waals surface area contributed by atoms with Crippen molar-refractivity contribution in [2.75, 3.05) is 6.54 Å². The third kappa shape index (κ3) is 2.68. The number of hydrogen-bond donors (Lipinski definition) is 2. The van der Waals surface area contributed by atoms with Gasteiger partial charge >= 0.3 is 0 Å². The summed E-state index contributed by atoms with van der Waals surface area (Å²) in [5, 5.41) is 11.2. The van der Waals surface area contributed by atoms with Crippen molar-refractivity contribution < 1.29 is 5.11 Å². The van der Waals surface area contributed by atoms with Crippen LogP contribution in [-0.4, -0.2) is 17.3 Å². The van der Waals surface area contributed by atoms with E-state index in [1.807, 2.05) is 0 Å². The summed E-state index contributed by atoms with van der Waals surface area (Å²) in [6.45, 7) is 0.684. The van der Waals surface area contributed by atoms with E-state index in [1.54, 1.807) is 0 Å². The second kappa shape index (κ2) is 5.71. The summed E-state index contributed by atoms with van der Waals surface area (Å²) in [6, 6.07) is 0. The molecule has 2 saturated carbocycles. The monoisotopic (exact) mass is 239 g/mol. The summed E-state index contributed by atoms with van der Waals surface area (Å²) < 4.78 is 0. The largest absolute Gasteiger partial charge is 0.389 e. The molecule has 0 bridgehead atoms. The van der Waals surface area contributed by atoms with Crippen LogP contribution in [0.1, 0.15) is 77.0 Å². The van der Waals surface area contributed by atoms with Crippen LogP contribution in [0.2, 0.25) is 0 Å². The van der Waals surface area contributed by atoms with Gasteiger partial charge in [-0.05, 0) is 25.7 Å². The summed E-state index contributed by atoms with van der Waals surface area (Å²) in [6.07, 6.45) is 14.4. The molecule has 2 nitrogen and oxygen atoms in total. The molecule has 2 aliphatic rings. The van der Waals surface area contributed by atoms with E-state index in [9.17, 15) is 5.11 Å². The van der Waals surface area contributed by atoms with Crippen molar-refractivity contribution in [3.05, 3.63) is 0 Å². The third-order valence-corrected chi connectivity index (χ3v) is 5.37. The van der Waals surface area contributed by atoms with Gasteiger partial charge in [0, 0.05) is 12.0 Å². The highest BCUT2D eigenvalue weighted by Gasteiger charge is 2.48. The molecule has 2 fully saturated rings. The molecule has 0 aromatic heterocycles. The molecule has 2 heteroatoms. The minimum absolute atomic E-state index is 0.0356. The van der Waals surface area contributed by atoms with Crippen molar-refractivity contribution in [3.63, 3.8) is 0 Å². The molecule has 0 spiro atoms. The van der Waals surface area contributed by atoms with E-state index in [1.165, 1.54) is 51.4 Å². The molecular weight excluding hydrogens is 210 g/mol. The van der Waals surface area contributed by atoms with Gasteiger partial charge in [0.25, 0.3) is 0 Å². The fourth-order valence-corrected chi connectivity index (χ4v) is 4.11. The van der Waals surface area contributed by atoms with E-state index in [-0.39, 0.29) is 5.41 Å². The van der Waals surface area contributed by atoms with E-state index in [2.05, 4.69) is 0 Å². The Balaban J connectivity index is 2.17. The quantitative estimate of drug-likeness (QED) is 0.726. The first-order chi connectivity index (χ1) is 8.22. The van der Waals surface area contributed by atoms with Crippen LogP contribution in [0.5, 0.6) is 0 Å². The Morgan fingerprint density at radius 2 is 1.12 bits per heavy atom. The summed E-state index contributed by atoms with van der Waals surface area (Å²) in [7, 11) is 0. The van der Waals surface area contributed by atoms with Crippen LogP contribution < -0.4 is 5.73 Å². The average molecular weight is 239 g/mol. The molecule has 0 aliphatic heterocycles. The Morgan fingerprint density at radius 1 is 0.706 bits per heavy atom. The molecule has 0 aromatic carbocycles. The molecular formula is C15H29NO. The van der Waals surface area contributed by atoms with Crippen molar-refractivity contribution >= 4 is 0 Å². The molecule has 0 heterocycles. The van der Waals surface area contributed by atoms with Gasteiger partial charge in [-0.15, -0.1) is 0 Å². The highest BCUT2D eigenvalue weighted by molar-refractivity contribution is 5.01. The van der Waals surface area contributed by atoms with Gasteiger partial charge in [-0.25, -0.2) is 0 Å². The van der Waals surface area contributed by atoms with Gasteiger partial charge in [-0.3, -0.25) is 0 Å². The first-order valence-electron chi connectivity index (χ1n) is 7.65. The first-order valence-corrected chi connectivity index (χ1v) is 7.65. The molecule has 0 unspecified atom stereocenters. The second-order valence-corrected chi connectivity index (χ2v) is 6.34. The minimum Gasteiger partial charge on any atom is -0.389 e. The van der Waals surface area contributed by atoms with E-state index >= 15 is 0 Å². The number of rotatable bonds is 2. The first kappa shape index (κ1) is 13.4. The molecule has 100 valence electrons. The van der Waals surface area contributed by atoms with E-state index in [4.69, 9.17) is 5.73 Å². The second-order valence-electron chi connectivity index (χ2n) is 6.34. The SMILES string of the molecule is NCC1(C2(O)CCCCCC2)CCCCCC1. The van der Waals surface area contributed by atoms with Crippen LogP contribution in [0.15, 0.2) is 0 Å². The number of aliphatic hydroxyl groups is 1. The molecule has 0 aromatic rings. The topological polar surface area (TPSA) is 46.2 Å². The zero-order valence-corrected chi connectivity index (χ0v) is 11.2. The summed E-state index contributed by atoms with van der Waals surface area (Å²) in [5.74, 6) is 0. The maximum absolute atomic E-state index is 11.2. The van der Waals surface area contributed by atoms with Gasteiger partial charge in [-0.2, -0.15) is 0 Å². The molecule has 0 amide bonds. The van der Waals surface area contributed by atoms with Gasteiger partial charge in [0.15, 0.2) is 0 Å². The molecule has 0 radical (unpaired) electrons. The fourth-order valence-electron chi connectivity index (χ4n) is 4.11. The predicted molar refractivity (Wildman–Crippen MR) is 71.8 cm³/mol. The lowest BCUT2D eigenvalue weighted by Gasteiger charge is -2.47. The Labute approximate surface area is 106 Å². The predicted octanol–water partition coefficient (Wildman–Crippen LogP) is 3.37. The molecule has 0 saturated heterocycles. The zero-order valence-electron chi connectivity index (χ0n) is 11.2. The van der Waals surface area contributed by atoms with Crippen molar-refractivity contribution in [3.8, 4) is 0 Å². The van der Waals surface area contributed by atoms with Gasteiger partial charge in [0.1, 0.15) is 0 Å². The lowest BCUT2D eigenvalue weighted by atomic mass is 9.64. The number of nitrogens with two attached hydrogens (primary N) is 1. The summed E-state index contributed by atoms with van der Waals surface area (Å²) in [4.78, 5) is 0. The Hall–Kier alpha value is -0.0800. The van der Waals surface area contributed by atoms with Crippen molar-refractivity contribution in [2.24, 2.45) is 11.1 Å². The molecule has 2 rings (SSSR count). The van der Waals surface area contributed by atoms with Crippen molar-refractivity contribution in [1.29, 1.82) is 0 Å². The average Bonchev–Trinajstić information content (AvgIpc) is 2.70. The lowest BCUT2D eigenvalue weighted by Crippen LogP contribution is -2.52. The summed E-state index contributed by atoms with van der Waals surface area (Å²) >= 11 is 0. The van der Waals surface area contributed by atoms with Crippen LogP contribution in [0.25, 0.3) is 0 Å². The maximum Gasteiger partial charge on any atom is 0.0715 e. The molecule has 3 N–H and O–H groups in total. The Kier molecular flexibility index (Phi) is 4.48. The Morgan fingerprint density at radius 3 is 1.53 bits per heavy atom. The molecule has 2 aliphatic carbocycles. The molecule has 17 heavy (non-hydrogen) atoms. The van der Waals surface area contributed by atoms with E-state index < -0.39 is 5.60 Å². The highest BCUT2D eigenvalue weighted by atomic mass is 16.3. The van der Waals surface area contributed by atoms with Gasteiger partial charge in [0.05, 0.1) is 5.60 Å². The third-order valence-electron chi connectivity index (χ3n) is 5.37. The van der Waals surface area contributed by atoms with Gasteiger partial charge in [-0.1, -0.05) is 51.4 Å². The summed E-state index contributed by atoms with van der Waals surface area (Å²) in [5.41, 5.74) is 5.69. The fraction of sp³-hybridized carbons (Fsp3) is 1.00. The van der Waals surface area contributed by atoms with Crippen LogP contribution in [0.4, 0.5) is 0 Å². The maximum atomic E-state index is 11.2. The normalized spacial score (nSPS) is 29.3. The lowest BCUT2D eigenvalue weighted by molar-refractivity contribution is -0.0998. The zero-order chi connectivity index (χ0) is 12.2. The highest BCUT2D eigenvalue weighted by Crippen LogP contribution is 2.48. The van der Waals surface area contributed by atoms with Gasteiger partial charge in [0.2, 0.25) is 0 Å². The van der Waals surface area contributed by atoms with E-state index in [0.29, 0.717) is 6.54 Å². The Bertz CT molecular complexity index is 223. The smallest absolute Gasteiger partial charge is 0.0715 e. The van der Waals surface area contributed by atoms with Crippen LogP contribution in [0.3, 0.4) is 0 Å². The van der Waals surface area contributed by atoms with Crippen molar-refractivity contribution in [1.82, 2.24) is 0 Å². The van der Waals surface area contributed by atoms with Gasteiger partial charge < -0.3 is 10.8 Å². The molecule has 0 atom stereocenters. The number of hydrogen-bond acceptors (Lipinski definition) is 2. The van der Waals surface area contributed by atoms with E-state index in [0.717, 1.165) is 25.7 Å². The minimum atomic E-state index is -0.456. The van der Waals surface area contributed by atoms with Crippen LogP contribution >= 0.6 is 0 Å². The van der Waals surface area contributed by atoms with Crippen LogP contribution in [0, 0.1) is 5.41 Å². The van der Waals surface area contributed by atoms with Crippen LogP contribution in [-0.2, 0) is 0 Å². The van der Waals surface area contributed by atoms with Crippen molar-refractivity contribution in [2.45, 2.75) is 82.7 Å².